The molecule has 0 aromatic carbocycles. The van der Waals surface area contributed by atoms with Crippen LogP contribution in [-0.2, 0) is 22.5 Å². The summed E-state index contributed by atoms with van der Waals surface area (Å²) in [5.74, 6) is 1.60. The molecule has 34 heavy (non-hydrogen) atoms. The molecule has 2 aromatic rings. The van der Waals surface area contributed by atoms with Gasteiger partial charge >= 0.3 is 0 Å². The SMILES string of the molecule is COc1ncc(N2CCc3ncnc(O[C@H]4CCN(C(=O)C5CCOCC5)C4)c3C2)cc1C.Cl. The normalized spacial score (nSPS) is 20.5. The number of aromatic nitrogens is 3. The van der Waals surface area contributed by atoms with Crippen molar-refractivity contribution in [1.29, 1.82) is 0 Å². The number of pyridine rings is 1. The van der Waals surface area contributed by atoms with E-state index in [0.29, 0.717) is 38.1 Å². The molecular formula is C24H32ClN5O4. The molecule has 0 bridgehead atoms. The molecule has 3 aliphatic rings. The maximum atomic E-state index is 12.9. The minimum absolute atomic E-state index is 0. The number of anilines is 1. The van der Waals surface area contributed by atoms with Gasteiger partial charge in [-0.25, -0.2) is 15.0 Å². The van der Waals surface area contributed by atoms with Crippen LogP contribution in [0, 0.1) is 12.8 Å². The van der Waals surface area contributed by atoms with E-state index >= 15 is 0 Å². The lowest BCUT2D eigenvalue weighted by Gasteiger charge is -2.31. The van der Waals surface area contributed by atoms with Crippen LogP contribution < -0.4 is 14.4 Å². The summed E-state index contributed by atoms with van der Waals surface area (Å²) in [4.78, 5) is 30.5. The van der Waals surface area contributed by atoms with Crippen molar-refractivity contribution in [3.63, 3.8) is 0 Å². The second kappa shape index (κ2) is 10.7. The Morgan fingerprint density at radius 3 is 2.71 bits per heavy atom. The third-order valence-electron chi connectivity index (χ3n) is 6.84. The van der Waals surface area contributed by atoms with Crippen molar-refractivity contribution in [1.82, 2.24) is 19.9 Å². The van der Waals surface area contributed by atoms with Crippen LogP contribution in [0.1, 0.15) is 36.1 Å². The van der Waals surface area contributed by atoms with E-state index in [1.54, 1.807) is 13.4 Å². The van der Waals surface area contributed by atoms with E-state index in [1.807, 2.05) is 18.0 Å². The predicted molar refractivity (Wildman–Crippen MR) is 129 cm³/mol. The number of fused-ring (bicyclic) bond motifs is 1. The van der Waals surface area contributed by atoms with Crippen molar-refractivity contribution in [2.45, 2.75) is 45.3 Å². The van der Waals surface area contributed by atoms with Crippen LogP contribution in [0.15, 0.2) is 18.6 Å². The van der Waals surface area contributed by atoms with E-state index in [4.69, 9.17) is 14.2 Å². The number of halogens is 1. The first kappa shape index (κ1) is 24.5. The van der Waals surface area contributed by atoms with Crippen molar-refractivity contribution in [2.24, 2.45) is 5.92 Å². The molecule has 9 nitrogen and oxygen atoms in total. The molecule has 2 fully saturated rings. The highest BCUT2D eigenvalue weighted by molar-refractivity contribution is 5.85. The summed E-state index contributed by atoms with van der Waals surface area (Å²) >= 11 is 0. The monoisotopic (exact) mass is 489 g/mol. The molecule has 2 saturated heterocycles. The van der Waals surface area contributed by atoms with E-state index in [9.17, 15) is 4.79 Å². The number of carbonyl (C=O) groups is 1. The third-order valence-corrected chi connectivity index (χ3v) is 6.84. The van der Waals surface area contributed by atoms with Crippen LogP contribution in [0.3, 0.4) is 0 Å². The Hall–Kier alpha value is -2.65. The van der Waals surface area contributed by atoms with Gasteiger partial charge in [0.2, 0.25) is 17.7 Å². The minimum atomic E-state index is -0.0481. The fourth-order valence-electron chi connectivity index (χ4n) is 4.96. The van der Waals surface area contributed by atoms with E-state index in [2.05, 4.69) is 25.9 Å². The van der Waals surface area contributed by atoms with Crippen LogP contribution in [0.4, 0.5) is 5.69 Å². The standard InChI is InChI=1S/C24H31N5O4.ClH/c1-16-11-18(12-25-22(16)31-2)28-8-4-21-20(14-28)23(27-15-26-21)33-19-3-7-29(13-19)24(30)17-5-9-32-10-6-17;/h11-12,15,17,19H,3-10,13-14H2,1-2H3;1H/t19-;/m0./s1. The molecule has 2 aromatic heterocycles. The van der Waals surface area contributed by atoms with Gasteiger partial charge in [-0.15, -0.1) is 12.4 Å². The molecule has 0 unspecified atom stereocenters. The van der Waals surface area contributed by atoms with E-state index in [1.165, 1.54) is 0 Å². The molecule has 0 aliphatic carbocycles. The summed E-state index contributed by atoms with van der Waals surface area (Å²) in [6.45, 7) is 6.22. The van der Waals surface area contributed by atoms with Gasteiger partial charge < -0.3 is 24.0 Å². The summed E-state index contributed by atoms with van der Waals surface area (Å²) in [5, 5.41) is 0. The number of hydrogen-bond acceptors (Lipinski definition) is 8. The van der Waals surface area contributed by atoms with Gasteiger partial charge in [0.25, 0.3) is 0 Å². The maximum Gasteiger partial charge on any atom is 0.225 e. The van der Waals surface area contributed by atoms with Gasteiger partial charge in [-0.05, 0) is 25.8 Å². The van der Waals surface area contributed by atoms with Crippen LogP contribution in [0.25, 0.3) is 0 Å². The lowest BCUT2D eigenvalue weighted by Crippen LogP contribution is -2.38. The second-order valence-electron chi connectivity index (χ2n) is 8.99. The zero-order valence-electron chi connectivity index (χ0n) is 19.7. The van der Waals surface area contributed by atoms with Crippen molar-refractivity contribution < 1.29 is 19.0 Å². The van der Waals surface area contributed by atoms with E-state index < -0.39 is 0 Å². The maximum absolute atomic E-state index is 12.9. The smallest absolute Gasteiger partial charge is 0.225 e. The Morgan fingerprint density at radius 1 is 1.12 bits per heavy atom. The molecule has 0 saturated carbocycles. The molecule has 0 N–H and O–H groups in total. The number of methoxy groups -OCH3 is 1. The largest absolute Gasteiger partial charge is 0.481 e. The Bertz CT molecular complexity index is 1020. The molecule has 0 spiro atoms. The molecule has 0 radical (unpaired) electrons. The summed E-state index contributed by atoms with van der Waals surface area (Å²) in [6, 6.07) is 2.10. The van der Waals surface area contributed by atoms with Crippen LogP contribution in [0.5, 0.6) is 11.8 Å². The number of aryl methyl sites for hydroxylation is 1. The summed E-state index contributed by atoms with van der Waals surface area (Å²) < 4.78 is 17.1. The average Bonchev–Trinajstić information content (AvgIpc) is 3.32. The molecule has 10 heteroatoms. The molecule has 1 atom stereocenters. The van der Waals surface area contributed by atoms with Crippen LogP contribution >= 0.6 is 12.4 Å². The summed E-state index contributed by atoms with van der Waals surface area (Å²) in [7, 11) is 1.63. The lowest BCUT2D eigenvalue weighted by molar-refractivity contribution is -0.137. The number of likely N-dealkylation sites (tertiary alicyclic amines) is 1. The molecule has 184 valence electrons. The Kier molecular flexibility index (Phi) is 7.73. The molecule has 5 heterocycles. The van der Waals surface area contributed by atoms with Crippen LogP contribution in [0.2, 0.25) is 0 Å². The van der Waals surface area contributed by atoms with Crippen molar-refractivity contribution in [3.8, 4) is 11.8 Å². The first-order chi connectivity index (χ1) is 16.1. The number of rotatable bonds is 5. The lowest BCUT2D eigenvalue weighted by atomic mass is 9.99. The van der Waals surface area contributed by atoms with Crippen LogP contribution in [-0.4, -0.2) is 71.8 Å². The van der Waals surface area contributed by atoms with Gasteiger partial charge in [0, 0.05) is 50.6 Å². The molecular weight excluding hydrogens is 458 g/mol. The quantitative estimate of drug-likeness (QED) is 0.633. The summed E-state index contributed by atoms with van der Waals surface area (Å²) in [6.07, 6.45) is 6.65. The molecule has 5 rings (SSSR count). The Morgan fingerprint density at radius 2 is 1.94 bits per heavy atom. The summed E-state index contributed by atoms with van der Waals surface area (Å²) in [5.41, 5.74) is 4.10. The van der Waals surface area contributed by atoms with E-state index in [0.717, 1.165) is 61.3 Å². The first-order valence-electron chi connectivity index (χ1n) is 11.7. The number of nitrogens with zero attached hydrogens (tertiary/aromatic N) is 5. The second-order valence-corrected chi connectivity index (χ2v) is 8.99. The van der Waals surface area contributed by atoms with E-state index in [-0.39, 0.29) is 30.3 Å². The van der Waals surface area contributed by atoms with Crippen molar-refractivity contribution in [3.05, 3.63) is 35.4 Å². The molecule has 1 amide bonds. The number of carbonyl (C=O) groups excluding carboxylic acids is 1. The van der Waals surface area contributed by atoms with Crippen molar-refractivity contribution in [2.75, 3.05) is 44.9 Å². The van der Waals surface area contributed by atoms with Gasteiger partial charge in [0.15, 0.2) is 0 Å². The third kappa shape index (κ3) is 5.05. The van der Waals surface area contributed by atoms with Gasteiger partial charge in [-0.2, -0.15) is 0 Å². The molecule has 3 aliphatic heterocycles. The number of amides is 1. The predicted octanol–water partition coefficient (Wildman–Crippen LogP) is 2.58. The van der Waals surface area contributed by atoms with Gasteiger partial charge in [-0.3, -0.25) is 4.79 Å². The highest BCUT2D eigenvalue weighted by atomic mass is 35.5. The van der Waals surface area contributed by atoms with Gasteiger partial charge in [-0.1, -0.05) is 0 Å². The Balaban J connectivity index is 0.00000274. The fourth-order valence-corrected chi connectivity index (χ4v) is 4.96. The first-order valence-corrected chi connectivity index (χ1v) is 11.7. The van der Waals surface area contributed by atoms with Gasteiger partial charge in [0.05, 0.1) is 43.3 Å². The number of ether oxygens (including phenoxy) is 3. The minimum Gasteiger partial charge on any atom is -0.481 e. The topological polar surface area (TPSA) is 89.9 Å². The fraction of sp³-hybridized carbons (Fsp3) is 0.583. The number of hydrogen-bond donors (Lipinski definition) is 0. The average molecular weight is 490 g/mol. The van der Waals surface area contributed by atoms with Crippen molar-refractivity contribution >= 4 is 24.0 Å². The zero-order chi connectivity index (χ0) is 22.8. The highest BCUT2D eigenvalue weighted by Crippen LogP contribution is 2.31. The Labute approximate surface area is 206 Å². The van der Waals surface area contributed by atoms with Gasteiger partial charge in [0.1, 0.15) is 12.4 Å². The highest BCUT2D eigenvalue weighted by Gasteiger charge is 2.33. The zero-order valence-corrected chi connectivity index (χ0v) is 20.6.